The molecule has 1 aromatic rings. The molecule has 0 saturated carbocycles. The van der Waals surface area contributed by atoms with Gasteiger partial charge in [0.25, 0.3) is 0 Å². The predicted molar refractivity (Wildman–Crippen MR) is 107 cm³/mol. The Morgan fingerprint density at radius 3 is 2.33 bits per heavy atom. The van der Waals surface area contributed by atoms with E-state index in [1.165, 1.54) is 24.0 Å². The minimum absolute atomic E-state index is 0.509. The summed E-state index contributed by atoms with van der Waals surface area (Å²) in [6.45, 7) is 12.2. The van der Waals surface area contributed by atoms with E-state index in [1.54, 1.807) is 0 Å². The van der Waals surface area contributed by atoms with E-state index in [-0.39, 0.29) is 0 Å². The average molecular weight is 330 g/mol. The van der Waals surface area contributed by atoms with Crippen LogP contribution in [0.2, 0.25) is 0 Å². The molecule has 1 aromatic carbocycles. The number of hydrogen-bond donors (Lipinski definition) is 1. The van der Waals surface area contributed by atoms with Gasteiger partial charge in [-0.2, -0.15) is 0 Å². The van der Waals surface area contributed by atoms with Crippen molar-refractivity contribution in [3.05, 3.63) is 47.2 Å². The molecule has 0 heterocycles. The van der Waals surface area contributed by atoms with E-state index in [0.717, 1.165) is 43.9 Å². The summed E-state index contributed by atoms with van der Waals surface area (Å²) in [6.07, 6.45) is 6.61. The smallest absolute Gasteiger partial charge is 0.0496 e. The molecule has 0 saturated heterocycles. The first-order valence-electron chi connectivity index (χ1n) is 9.32. The summed E-state index contributed by atoms with van der Waals surface area (Å²) in [5.74, 6) is 0. The third-order valence-electron chi connectivity index (χ3n) is 4.24. The minimum atomic E-state index is 0.509. The molecular formula is C21H35N3. The molecule has 0 fully saturated rings. The van der Waals surface area contributed by atoms with E-state index in [4.69, 9.17) is 5.73 Å². The third-order valence-corrected chi connectivity index (χ3v) is 4.24. The number of hydrogen-bond acceptors (Lipinski definition) is 3. The van der Waals surface area contributed by atoms with Crippen LogP contribution in [0, 0.1) is 0 Å². The maximum absolute atomic E-state index is 5.70. The zero-order chi connectivity index (χ0) is 17.8. The molecule has 1 rings (SSSR count). The topological polar surface area (TPSA) is 41.6 Å². The third kappa shape index (κ3) is 7.89. The van der Waals surface area contributed by atoms with Crippen molar-refractivity contribution in [2.24, 2.45) is 10.7 Å². The van der Waals surface area contributed by atoms with E-state index < -0.39 is 0 Å². The van der Waals surface area contributed by atoms with Gasteiger partial charge < -0.3 is 5.73 Å². The molecule has 2 N–H and O–H groups in total. The van der Waals surface area contributed by atoms with Crippen LogP contribution in [0.3, 0.4) is 0 Å². The standard InChI is InChI=1S/C21H35N3/c1-5-14-24(17-18(4)23-21(7-3)16-22)15-8-9-20-12-10-19(6-2)11-13-20/h7,10-13H,5-6,8-9,14-17,22H2,1-4H3/b21-7-,23-18?. The summed E-state index contributed by atoms with van der Waals surface area (Å²) < 4.78 is 0. The SMILES string of the molecule is C/C=C(/CN)N=C(C)CN(CCC)CCCc1ccc(CC)cc1. The normalized spacial score (nSPS) is 12.9. The molecule has 0 amide bonds. The Labute approximate surface area is 148 Å². The van der Waals surface area contributed by atoms with Crippen LogP contribution in [0.25, 0.3) is 0 Å². The first-order valence-corrected chi connectivity index (χ1v) is 9.32. The van der Waals surface area contributed by atoms with Crippen molar-refractivity contribution in [2.45, 2.75) is 53.4 Å². The highest BCUT2D eigenvalue weighted by Crippen LogP contribution is 2.08. The van der Waals surface area contributed by atoms with Crippen LogP contribution in [0.4, 0.5) is 0 Å². The number of rotatable bonds is 11. The molecule has 0 aliphatic carbocycles. The van der Waals surface area contributed by atoms with Crippen LogP contribution in [0.5, 0.6) is 0 Å². The number of aliphatic imine (C=N–C) groups is 1. The van der Waals surface area contributed by atoms with E-state index in [9.17, 15) is 0 Å². The lowest BCUT2D eigenvalue weighted by Crippen LogP contribution is -2.31. The van der Waals surface area contributed by atoms with Crippen LogP contribution in [0.15, 0.2) is 41.0 Å². The quantitative estimate of drug-likeness (QED) is 0.618. The molecule has 134 valence electrons. The largest absolute Gasteiger partial charge is 0.325 e. The highest BCUT2D eigenvalue weighted by atomic mass is 15.1. The molecule has 3 heteroatoms. The van der Waals surface area contributed by atoms with Gasteiger partial charge in [-0.3, -0.25) is 9.89 Å². The second kappa shape index (κ2) is 12.0. The Hall–Kier alpha value is -1.45. The van der Waals surface area contributed by atoms with Gasteiger partial charge >= 0.3 is 0 Å². The molecule has 0 radical (unpaired) electrons. The van der Waals surface area contributed by atoms with Gasteiger partial charge in [-0.1, -0.05) is 44.2 Å². The highest BCUT2D eigenvalue weighted by Gasteiger charge is 2.06. The van der Waals surface area contributed by atoms with Crippen molar-refractivity contribution in [1.82, 2.24) is 4.90 Å². The Balaban J connectivity index is 2.50. The lowest BCUT2D eigenvalue weighted by atomic mass is 10.1. The second-order valence-corrected chi connectivity index (χ2v) is 6.38. The van der Waals surface area contributed by atoms with Crippen LogP contribution < -0.4 is 5.73 Å². The number of nitrogens with two attached hydrogens (primary N) is 1. The zero-order valence-corrected chi connectivity index (χ0v) is 16.0. The van der Waals surface area contributed by atoms with Crippen LogP contribution in [0.1, 0.15) is 51.7 Å². The van der Waals surface area contributed by atoms with Crippen LogP contribution in [-0.4, -0.2) is 36.8 Å². The fourth-order valence-corrected chi connectivity index (χ4v) is 2.87. The van der Waals surface area contributed by atoms with E-state index >= 15 is 0 Å². The molecule has 0 atom stereocenters. The van der Waals surface area contributed by atoms with Gasteiger partial charge in [-0.05, 0) is 63.7 Å². The van der Waals surface area contributed by atoms with Crippen molar-refractivity contribution >= 4 is 5.71 Å². The van der Waals surface area contributed by atoms with Crippen molar-refractivity contribution in [3.8, 4) is 0 Å². The Morgan fingerprint density at radius 2 is 1.79 bits per heavy atom. The first-order chi connectivity index (χ1) is 11.6. The number of benzene rings is 1. The van der Waals surface area contributed by atoms with Crippen molar-refractivity contribution in [3.63, 3.8) is 0 Å². The molecule has 24 heavy (non-hydrogen) atoms. The molecule has 0 bridgehead atoms. The molecule has 0 unspecified atom stereocenters. The summed E-state index contributed by atoms with van der Waals surface area (Å²) in [5.41, 5.74) is 10.7. The number of allylic oxidation sites excluding steroid dienone is 1. The fourth-order valence-electron chi connectivity index (χ4n) is 2.87. The lowest BCUT2D eigenvalue weighted by molar-refractivity contribution is 0.307. The summed E-state index contributed by atoms with van der Waals surface area (Å²) >= 11 is 0. The summed E-state index contributed by atoms with van der Waals surface area (Å²) in [4.78, 5) is 7.13. The summed E-state index contributed by atoms with van der Waals surface area (Å²) in [7, 11) is 0. The van der Waals surface area contributed by atoms with Gasteiger partial charge in [0.05, 0.1) is 0 Å². The highest BCUT2D eigenvalue weighted by molar-refractivity contribution is 5.84. The van der Waals surface area contributed by atoms with E-state index in [0.29, 0.717) is 6.54 Å². The molecular weight excluding hydrogens is 294 g/mol. The maximum Gasteiger partial charge on any atom is 0.0496 e. The van der Waals surface area contributed by atoms with E-state index in [2.05, 4.69) is 54.9 Å². The molecule has 3 nitrogen and oxygen atoms in total. The summed E-state index contributed by atoms with van der Waals surface area (Å²) in [6, 6.07) is 9.05. The molecule has 0 aliphatic heterocycles. The van der Waals surface area contributed by atoms with Crippen LogP contribution in [-0.2, 0) is 12.8 Å². The second-order valence-electron chi connectivity index (χ2n) is 6.38. The molecule has 0 aliphatic rings. The van der Waals surface area contributed by atoms with Gasteiger partial charge in [-0.15, -0.1) is 0 Å². The van der Waals surface area contributed by atoms with Gasteiger partial charge in [0.15, 0.2) is 0 Å². The lowest BCUT2D eigenvalue weighted by Gasteiger charge is -2.21. The van der Waals surface area contributed by atoms with Crippen molar-refractivity contribution in [2.75, 3.05) is 26.2 Å². The van der Waals surface area contributed by atoms with Gasteiger partial charge in [0, 0.05) is 24.5 Å². The summed E-state index contributed by atoms with van der Waals surface area (Å²) in [5, 5.41) is 0. The number of nitrogens with zero attached hydrogens (tertiary/aromatic N) is 2. The van der Waals surface area contributed by atoms with Crippen molar-refractivity contribution in [1.29, 1.82) is 0 Å². The Morgan fingerprint density at radius 1 is 1.12 bits per heavy atom. The Bertz CT molecular complexity index is 514. The van der Waals surface area contributed by atoms with Gasteiger partial charge in [-0.25, -0.2) is 0 Å². The monoisotopic (exact) mass is 329 g/mol. The zero-order valence-electron chi connectivity index (χ0n) is 16.0. The predicted octanol–water partition coefficient (Wildman–Crippen LogP) is 4.22. The number of aryl methyl sites for hydroxylation is 2. The Kier molecular flexibility index (Phi) is 10.3. The van der Waals surface area contributed by atoms with Gasteiger partial charge in [0.2, 0.25) is 0 Å². The van der Waals surface area contributed by atoms with Crippen LogP contribution >= 0.6 is 0 Å². The first kappa shape index (κ1) is 20.6. The van der Waals surface area contributed by atoms with E-state index in [1.807, 2.05) is 13.0 Å². The van der Waals surface area contributed by atoms with Crippen molar-refractivity contribution < 1.29 is 0 Å². The minimum Gasteiger partial charge on any atom is -0.325 e. The fraction of sp³-hybridized carbons (Fsp3) is 0.571. The van der Waals surface area contributed by atoms with Gasteiger partial charge in [0.1, 0.15) is 0 Å². The average Bonchev–Trinajstić information content (AvgIpc) is 2.60. The maximum atomic E-state index is 5.70. The molecule has 0 spiro atoms. The molecule has 0 aromatic heterocycles.